The average Bonchev–Trinajstić information content (AvgIpc) is 1.82. The molecule has 0 amide bonds. The molecule has 0 spiro atoms. The fourth-order valence-corrected chi connectivity index (χ4v) is 4.89. The minimum absolute atomic E-state index is 0.102. The van der Waals surface area contributed by atoms with E-state index in [1.165, 1.54) is 6.92 Å². The smallest absolute Gasteiger partial charge is 0.169 e. The number of hydrogen-bond donors (Lipinski definition) is 1. The molecule has 0 bridgehead atoms. The molecule has 80 valence electrons. The number of hydrogen-bond acceptors (Lipinski definition) is 4. The van der Waals surface area contributed by atoms with Gasteiger partial charge in [0.05, 0.1) is 0 Å². The standard InChI is InChI=1S/C6H14O4S3/c1-4-5-6(2,12(3,7)8)13(9,10)11/h4-5H2,1-3H3,(H,9,10,11). The Bertz CT molecular complexity index is 333. The van der Waals surface area contributed by atoms with E-state index in [1.54, 1.807) is 6.92 Å². The molecule has 0 aromatic heterocycles. The molecule has 2 atom stereocenters. The van der Waals surface area contributed by atoms with Gasteiger partial charge in [-0.05, 0) is 13.3 Å². The Morgan fingerprint density at radius 2 is 1.77 bits per heavy atom. The van der Waals surface area contributed by atoms with Gasteiger partial charge >= 0.3 is 0 Å². The summed E-state index contributed by atoms with van der Waals surface area (Å²) in [4.78, 5) is 0. The first-order chi connectivity index (χ1) is 5.56. The van der Waals surface area contributed by atoms with Crippen molar-refractivity contribution in [3.05, 3.63) is 0 Å². The third-order valence-electron chi connectivity index (χ3n) is 2.03. The summed E-state index contributed by atoms with van der Waals surface area (Å²) in [6.45, 7) is 2.96. The highest BCUT2D eigenvalue weighted by atomic mass is 32.8. The summed E-state index contributed by atoms with van der Waals surface area (Å²) >= 11 is 4.34. The number of sulfone groups is 1. The highest BCUT2D eigenvalue weighted by Gasteiger charge is 2.43. The second-order valence-electron chi connectivity index (χ2n) is 3.13. The highest BCUT2D eigenvalue weighted by Crippen LogP contribution is 2.28. The van der Waals surface area contributed by atoms with E-state index in [-0.39, 0.29) is 6.42 Å². The summed E-state index contributed by atoms with van der Waals surface area (Å²) in [6.07, 6.45) is 1.53. The first kappa shape index (κ1) is 13.3. The fourth-order valence-electron chi connectivity index (χ4n) is 0.960. The van der Waals surface area contributed by atoms with Crippen LogP contribution in [0.2, 0.25) is 0 Å². The van der Waals surface area contributed by atoms with Gasteiger partial charge in [-0.25, -0.2) is 12.6 Å². The van der Waals surface area contributed by atoms with E-state index in [0.717, 1.165) is 6.26 Å². The largest absolute Gasteiger partial charge is 0.304 e. The van der Waals surface area contributed by atoms with Crippen LogP contribution in [0, 0.1) is 0 Å². The maximum atomic E-state index is 11.3. The Kier molecular flexibility index (Phi) is 3.88. The van der Waals surface area contributed by atoms with Crippen molar-refractivity contribution in [2.45, 2.75) is 30.8 Å². The molecule has 0 heterocycles. The second-order valence-corrected chi connectivity index (χ2v) is 9.04. The maximum absolute atomic E-state index is 11.3. The molecule has 0 aromatic carbocycles. The minimum Gasteiger partial charge on any atom is -0.304 e. The van der Waals surface area contributed by atoms with E-state index in [9.17, 15) is 12.6 Å². The van der Waals surface area contributed by atoms with E-state index >= 15 is 0 Å². The summed E-state index contributed by atoms with van der Waals surface area (Å²) in [7, 11) is -7.35. The summed E-state index contributed by atoms with van der Waals surface area (Å²) in [6, 6.07) is 0. The van der Waals surface area contributed by atoms with Gasteiger partial charge in [0.2, 0.25) is 0 Å². The normalized spacial score (nSPS) is 21.8. The lowest BCUT2D eigenvalue weighted by atomic mass is 10.3. The number of rotatable bonds is 4. The van der Waals surface area contributed by atoms with Crippen molar-refractivity contribution in [3.63, 3.8) is 0 Å². The molecule has 0 saturated heterocycles. The summed E-state index contributed by atoms with van der Waals surface area (Å²) in [5.74, 6) is 0. The Labute approximate surface area is 84.1 Å². The SMILES string of the molecule is CCCC(C)(S(C)(=O)=O)S(=O)(O)=S. The van der Waals surface area contributed by atoms with E-state index in [2.05, 4.69) is 11.2 Å². The molecule has 2 unspecified atom stereocenters. The lowest BCUT2D eigenvalue weighted by Crippen LogP contribution is -2.41. The van der Waals surface area contributed by atoms with Gasteiger partial charge in [0, 0.05) is 17.4 Å². The van der Waals surface area contributed by atoms with Gasteiger partial charge < -0.3 is 4.55 Å². The van der Waals surface area contributed by atoms with Crippen LogP contribution in [0.1, 0.15) is 26.7 Å². The Balaban J connectivity index is 5.50. The van der Waals surface area contributed by atoms with E-state index in [4.69, 9.17) is 4.55 Å². The lowest BCUT2D eigenvalue weighted by Gasteiger charge is -2.25. The maximum Gasteiger partial charge on any atom is 0.169 e. The van der Waals surface area contributed by atoms with Gasteiger partial charge in [0.1, 0.15) is 0 Å². The predicted molar refractivity (Wildman–Crippen MR) is 56.3 cm³/mol. The van der Waals surface area contributed by atoms with Gasteiger partial charge in [0.15, 0.2) is 22.7 Å². The molecule has 0 aliphatic rings. The van der Waals surface area contributed by atoms with Crippen LogP contribution in [0.5, 0.6) is 0 Å². The molecular formula is C6H14O4S3. The molecule has 0 aromatic rings. The molecule has 0 aliphatic carbocycles. The molecule has 1 N–H and O–H groups in total. The van der Waals surface area contributed by atoms with E-state index in [0.29, 0.717) is 6.42 Å². The van der Waals surface area contributed by atoms with Crippen molar-refractivity contribution in [3.8, 4) is 0 Å². The van der Waals surface area contributed by atoms with E-state index in [1.807, 2.05) is 0 Å². The molecule has 0 aliphatic heterocycles. The fraction of sp³-hybridized carbons (Fsp3) is 1.00. The Morgan fingerprint density at radius 1 is 1.38 bits per heavy atom. The molecule has 4 nitrogen and oxygen atoms in total. The van der Waals surface area contributed by atoms with Gasteiger partial charge in [-0.1, -0.05) is 13.3 Å². The summed E-state index contributed by atoms with van der Waals surface area (Å²) < 4.78 is 41.3. The van der Waals surface area contributed by atoms with Gasteiger partial charge in [-0.2, -0.15) is 0 Å². The zero-order valence-electron chi connectivity index (χ0n) is 7.81. The summed E-state index contributed by atoms with van der Waals surface area (Å²) in [5.41, 5.74) is 0. The molecule has 7 heteroatoms. The quantitative estimate of drug-likeness (QED) is 0.793. The average molecular weight is 246 g/mol. The third-order valence-corrected chi connectivity index (χ3v) is 8.11. The molecule has 0 rings (SSSR count). The Hall–Kier alpha value is 0.280. The van der Waals surface area contributed by atoms with Crippen LogP contribution in [0.4, 0.5) is 0 Å². The van der Waals surface area contributed by atoms with Crippen molar-refractivity contribution < 1.29 is 17.2 Å². The topological polar surface area (TPSA) is 71.4 Å². The van der Waals surface area contributed by atoms with Crippen LogP contribution in [0.25, 0.3) is 0 Å². The van der Waals surface area contributed by atoms with E-state index < -0.39 is 22.7 Å². The van der Waals surface area contributed by atoms with Crippen LogP contribution in [-0.4, -0.2) is 27.5 Å². The zero-order valence-corrected chi connectivity index (χ0v) is 10.3. The summed E-state index contributed by atoms with van der Waals surface area (Å²) in [5, 5.41) is 0. The molecule has 0 radical (unpaired) electrons. The van der Waals surface area contributed by atoms with Gasteiger partial charge in [-0.15, -0.1) is 0 Å². The second kappa shape index (κ2) is 3.80. The first-order valence-electron chi connectivity index (χ1n) is 3.73. The van der Waals surface area contributed by atoms with Gasteiger partial charge in [-0.3, -0.25) is 0 Å². The van der Waals surface area contributed by atoms with Crippen LogP contribution in [-0.2, 0) is 29.8 Å². The van der Waals surface area contributed by atoms with Crippen LogP contribution in [0.15, 0.2) is 0 Å². The van der Waals surface area contributed by atoms with Crippen LogP contribution in [0.3, 0.4) is 0 Å². The zero-order chi connectivity index (χ0) is 10.9. The minimum atomic E-state index is -3.74. The molecule has 0 fully saturated rings. The van der Waals surface area contributed by atoms with Crippen LogP contribution < -0.4 is 0 Å². The third kappa shape index (κ3) is 2.61. The molecule has 0 saturated carbocycles. The van der Waals surface area contributed by atoms with Crippen molar-refractivity contribution in [2.75, 3.05) is 6.26 Å². The monoisotopic (exact) mass is 246 g/mol. The predicted octanol–water partition coefficient (Wildman–Crippen LogP) is 0.767. The van der Waals surface area contributed by atoms with Crippen molar-refractivity contribution in [1.29, 1.82) is 0 Å². The highest BCUT2D eigenvalue weighted by molar-refractivity contribution is 8.34. The van der Waals surface area contributed by atoms with Crippen molar-refractivity contribution in [1.82, 2.24) is 0 Å². The first-order valence-corrected chi connectivity index (χ1v) is 8.06. The molecular weight excluding hydrogens is 232 g/mol. The van der Waals surface area contributed by atoms with Crippen LogP contribution >= 0.6 is 0 Å². The Morgan fingerprint density at radius 3 is 1.85 bits per heavy atom. The lowest BCUT2D eigenvalue weighted by molar-refractivity contribution is 0.513. The van der Waals surface area contributed by atoms with Gasteiger partial charge in [0.25, 0.3) is 0 Å². The van der Waals surface area contributed by atoms with Crippen molar-refractivity contribution in [2.24, 2.45) is 0 Å². The van der Waals surface area contributed by atoms with Crippen molar-refractivity contribution >= 4 is 29.8 Å². The molecule has 13 heavy (non-hydrogen) atoms.